The lowest BCUT2D eigenvalue weighted by molar-refractivity contribution is -0.118. The second-order valence-electron chi connectivity index (χ2n) is 4.57. The molecule has 120 valence electrons. The van der Waals surface area contributed by atoms with Gasteiger partial charge in [0.25, 0.3) is 5.91 Å². The van der Waals surface area contributed by atoms with Gasteiger partial charge in [0.15, 0.2) is 6.61 Å². The lowest BCUT2D eigenvalue weighted by Gasteiger charge is -2.09. The molecule has 0 aromatic heterocycles. The van der Waals surface area contributed by atoms with Gasteiger partial charge in [0, 0.05) is 5.69 Å². The second kappa shape index (κ2) is 8.33. The smallest absolute Gasteiger partial charge is 0.338 e. The molecule has 0 fully saturated rings. The van der Waals surface area contributed by atoms with Crippen molar-refractivity contribution in [3.63, 3.8) is 0 Å². The van der Waals surface area contributed by atoms with Gasteiger partial charge in [-0.05, 0) is 59.3 Å². The number of carbonyl (C=O) groups is 2. The second-order valence-corrected chi connectivity index (χ2v) is 5.42. The summed E-state index contributed by atoms with van der Waals surface area (Å²) < 4.78 is 11.1. The van der Waals surface area contributed by atoms with Gasteiger partial charge in [-0.3, -0.25) is 4.79 Å². The normalized spacial score (nSPS) is 10.0. The Bertz CT molecular complexity index is 685. The number of nitrogens with one attached hydrogen (secondary N) is 1. The van der Waals surface area contributed by atoms with Crippen molar-refractivity contribution in [3.05, 3.63) is 58.6 Å². The number of para-hydroxylation sites is 1. The lowest BCUT2D eigenvalue weighted by Crippen LogP contribution is -2.20. The van der Waals surface area contributed by atoms with Crippen LogP contribution in [0.1, 0.15) is 17.3 Å². The largest absolute Gasteiger partial charge is 0.483 e. The summed E-state index contributed by atoms with van der Waals surface area (Å²) in [5, 5.41) is 2.70. The number of anilines is 1. The number of carbonyl (C=O) groups excluding carboxylic acids is 2. The van der Waals surface area contributed by atoms with Crippen LogP contribution in [0.5, 0.6) is 5.75 Å². The van der Waals surface area contributed by atoms with Gasteiger partial charge in [0.2, 0.25) is 0 Å². The monoisotopic (exact) mass is 377 g/mol. The molecule has 0 aliphatic carbocycles. The van der Waals surface area contributed by atoms with E-state index in [1.807, 2.05) is 18.2 Å². The summed E-state index contributed by atoms with van der Waals surface area (Å²) in [6, 6.07) is 13.8. The van der Waals surface area contributed by atoms with E-state index in [1.54, 1.807) is 37.3 Å². The van der Waals surface area contributed by atoms with E-state index in [4.69, 9.17) is 9.47 Å². The summed E-state index contributed by atoms with van der Waals surface area (Å²) >= 11 is 3.35. The average Bonchev–Trinajstić information content (AvgIpc) is 2.55. The first-order chi connectivity index (χ1) is 11.1. The first-order valence-corrected chi connectivity index (χ1v) is 7.84. The number of ether oxygens (including phenoxy) is 2. The number of hydrogen-bond donors (Lipinski definition) is 1. The number of hydrogen-bond acceptors (Lipinski definition) is 4. The molecule has 0 aliphatic heterocycles. The van der Waals surface area contributed by atoms with Crippen LogP contribution in [0.15, 0.2) is 53.0 Å². The molecule has 2 aromatic rings. The maximum atomic E-state index is 11.9. The average molecular weight is 378 g/mol. The molecular weight excluding hydrogens is 362 g/mol. The third-order valence-corrected chi connectivity index (χ3v) is 3.53. The highest BCUT2D eigenvalue weighted by Gasteiger charge is 2.08. The van der Waals surface area contributed by atoms with Crippen LogP contribution < -0.4 is 10.1 Å². The topological polar surface area (TPSA) is 64.6 Å². The zero-order valence-corrected chi connectivity index (χ0v) is 14.1. The molecule has 23 heavy (non-hydrogen) atoms. The molecule has 0 saturated heterocycles. The summed E-state index contributed by atoms with van der Waals surface area (Å²) in [6.07, 6.45) is 0. The highest BCUT2D eigenvalue weighted by molar-refractivity contribution is 9.10. The van der Waals surface area contributed by atoms with Gasteiger partial charge >= 0.3 is 5.97 Å². The van der Waals surface area contributed by atoms with E-state index in [-0.39, 0.29) is 18.5 Å². The lowest BCUT2D eigenvalue weighted by atomic mass is 10.2. The molecular formula is C17H16BrNO4. The zero-order chi connectivity index (χ0) is 16.7. The minimum atomic E-state index is -0.386. The quantitative estimate of drug-likeness (QED) is 0.780. The van der Waals surface area contributed by atoms with Gasteiger partial charge in [0.05, 0.1) is 16.6 Å². The Morgan fingerprint density at radius 2 is 1.78 bits per heavy atom. The number of halogens is 1. The fourth-order valence-electron chi connectivity index (χ4n) is 1.81. The van der Waals surface area contributed by atoms with Crippen molar-refractivity contribution >= 4 is 33.5 Å². The van der Waals surface area contributed by atoms with E-state index >= 15 is 0 Å². The Morgan fingerprint density at radius 3 is 2.43 bits per heavy atom. The fourth-order valence-corrected chi connectivity index (χ4v) is 2.21. The minimum absolute atomic E-state index is 0.109. The van der Waals surface area contributed by atoms with Crippen LogP contribution in [0.25, 0.3) is 0 Å². The first-order valence-electron chi connectivity index (χ1n) is 7.04. The Balaban J connectivity index is 1.88. The van der Waals surface area contributed by atoms with E-state index in [2.05, 4.69) is 21.2 Å². The maximum Gasteiger partial charge on any atom is 0.338 e. The number of benzene rings is 2. The van der Waals surface area contributed by atoms with Crippen LogP contribution in [0.2, 0.25) is 0 Å². The Kier molecular flexibility index (Phi) is 6.17. The first kappa shape index (κ1) is 17.0. The molecule has 0 heterocycles. The number of esters is 1. The van der Waals surface area contributed by atoms with Gasteiger partial charge in [0.1, 0.15) is 5.75 Å². The van der Waals surface area contributed by atoms with Crippen LogP contribution in [0.4, 0.5) is 5.69 Å². The van der Waals surface area contributed by atoms with E-state index < -0.39 is 0 Å². The Labute approximate surface area is 142 Å². The SMILES string of the molecule is CCOC(=O)c1ccc(NC(=O)COc2ccccc2Br)cc1. The van der Waals surface area contributed by atoms with Gasteiger partial charge in [-0.2, -0.15) is 0 Å². The molecule has 1 amide bonds. The van der Waals surface area contributed by atoms with Crippen molar-refractivity contribution in [2.45, 2.75) is 6.92 Å². The Morgan fingerprint density at radius 1 is 1.09 bits per heavy atom. The molecule has 6 heteroatoms. The molecule has 0 spiro atoms. The van der Waals surface area contributed by atoms with E-state index in [0.29, 0.717) is 23.6 Å². The predicted octanol–water partition coefficient (Wildman–Crippen LogP) is 3.64. The van der Waals surface area contributed by atoms with Crippen LogP contribution >= 0.6 is 15.9 Å². The van der Waals surface area contributed by atoms with Crippen LogP contribution in [-0.4, -0.2) is 25.1 Å². The third-order valence-electron chi connectivity index (χ3n) is 2.88. The van der Waals surface area contributed by atoms with Gasteiger partial charge in [-0.25, -0.2) is 4.79 Å². The maximum absolute atomic E-state index is 11.9. The highest BCUT2D eigenvalue weighted by Crippen LogP contribution is 2.23. The zero-order valence-electron chi connectivity index (χ0n) is 12.5. The fraction of sp³-hybridized carbons (Fsp3) is 0.176. The highest BCUT2D eigenvalue weighted by atomic mass is 79.9. The summed E-state index contributed by atoms with van der Waals surface area (Å²) in [5.41, 5.74) is 1.02. The van der Waals surface area contributed by atoms with Crippen molar-refractivity contribution in [3.8, 4) is 5.75 Å². The van der Waals surface area contributed by atoms with E-state index in [9.17, 15) is 9.59 Å². The molecule has 2 rings (SSSR count). The van der Waals surface area contributed by atoms with E-state index in [0.717, 1.165) is 4.47 Å². The molecule has 0 atom stereocenters. The summed E-state index contributed by atoms with van der Waals surface area (Å²) in [5.74, 6) is -0.0763. The molecule has 0 saturated carbocycles. The predicted molar refractivity (Wildman–Crippen MR) is 90.7 cm³/mol. The summed E-state index contributed by atoms with van der Waals surface area (Å²) in [7, 11) is 0. The molecule has 0 radical (unpaired) electrons. The third kappa shape index (κ3) is 5.10. The van der Waals surface area contributed by atoms with Gasteiger partial charge in [-0.1, -0.05) is 12.1 Å². The van der Waals surface area contributed by atoms with E-state index in [1.165, 1.54) is 0 Å². The molecule has 5 nitrogen and oxygen atoms in total. The number of amides is 1. The Hall–Kier alpha value is -2.34. The number of rotatable bonds is 6. The van der Waals surface area contributed by atoms with Gasteiger partial charge < -0.3 is 14.8 Å². The van der Waals surface area contributed by atoms with Crippen molar-refractivity contribution < 1.29 is 19.1 Å². The van der Waals surface area contributed by atoms with Crippen molar-refractivity contribution in [2.24, 2.45) is 0 Å². The van der Waals surface area contributed by atoms with Crippen LogP contribution in [0.3, 0.4) is 0 Å². The van der Waals surface area contributed by atoms with Crippen molar-refractivity contribution in [1.29, 1.82) is 0 Å². The van der Waals surface area contributed by atoms with Gasteiger partial charge in [-0.15, -0.1) is 0 Å². The van der Waals surface area contributed by atoms with Crippen molar-refractivity contribution in [1.82, 2.24) is 0 Å². The molecule has 0 aliphatic rings. The summed E-state index contributed by atoms with van der Waals surface area (Å²) in [4.78, 5) is 23.4. The van der Waals surface area contributed by atoms with Crippen LogP contribution in [-0.2, 0) is 9.53 Å². The standard InChI is InChI=1S/C17H16BrNO4/c1-2-22-17(21)12-7-9-13(10-8-12)19-16(20)11-23-15-6-4-3-5-14(15)18/h3-10H,2,11H2,1H3,(H,19,20). The molecule has 1 N–H and O–H groups in total. The summed E-state index contributed by atoms with van der Waals surface area (Å²) in [6.45, 7) is 1.96. The molecule has 0 bridgehead atoms. The van der Waals surface area contributed by atoms with Crippen molar-refractivity contribution in [2.75, 3.05) is 18.5 Å². The minimum Gasteiger partial charge on any atom is -0.483 e. The molecule has 0 unspecified atom stereocenters. The molecule has 2 aromatic carbocycles. The van der Waals surface area contributed by atoms with Crippen LogP contribution in [0, 0.1) is 0 Å².